The molecule has 1 heterocycles. The second kappa shape index (κ2) is 10.6. The molecule has 0 bridgehead atoms. The van der Waals surface area contributed by atoms with Gasteiger partial charge in [-0.25, -0.2) is 0 Å². The fourth-order valence-corrected chi connectivity index (χ4v) is 5.39. The molecule has 1 aliphatic carbocycles. The highest BCUT2D eigenvalue weighted by molar-refractivity contribution is 7.21. The molecule has 7 heteroatoms. The Morgan fingerprint density at radius 1 is 1.10 bits per heavy atom. The van der Waals surface area contributed by atoms with Crippen LogP contribution in [0, 0.1) is 5.92 Å². The molecule has 2 N–H and O–H groups in total. The van der Waals surface area contributed by atoms with Gasteiger partial charge in [0.15, 0.2) is 0 Å². The third kappa shape index (κ3) is 5.64. The fraction of sp³-hybridized carbons (Fsp3) is 0.583. The number of nitrogens with one attached hydrogen (secondary N) is 2. The van der Waals surface area contributed by atoms with Crippen LogP contribution >= 0.6 is 11.3 Å². The van der Waals surface area contributed by atoms with Crippen molar-refractivity contribution in [3.63, 3.8) is 0 Å². The summed E-state index contributed by atoms with van der Waals surface area (Å²) in [5.74, 6) is 0.735. The third-order valence-corrected chi connectivity index (χ3v) is 7.48. The SMILES string of the molecule is COCCNC(=O)c1sc2ccccc2c1C1CCC(CNC(=O)C(C)(C)OC)CC1. The van der Waals surface area contributed by atoms with Gasteiger partial charge < -0.3 is 20.1 Å². The average Bonchev–Trinajstić information content (AvgIpc) is 3.17. The lowest BCUT2D eigenvalue weighted by Gasteiger charge is -2.30. The van der Waals surface area contributed by atoms with Gasteiger partial charge in [0.2, 0.25) is 0 Å². The number of thiophene rings is 1. The third-order valence-electron chi connectivity index (χ3n) is 6.30. The average molecular weight is 447 g/mol. The molecule has 0 spiro atoms. The van der Waals surface area contributed by atoms with Gasteiger partial charge in [-0.15, -0.1) is 11.3 Å². The van der Waals surface area contributed by atoms with Crippen LogP contribution in [0.2, 0.25) is 0 Å². The van der Waals surface area contributed by atoms with E-state index >= 15 is 0 Å². The van der Waals surface area contributed by atoms with Crippen molar-refractivity contribution in [2.24, 2.45) is 5.92 Å². The van der Waals surface area contributed by atoms with Crippen molar-refractivity contribution in [2.75, 3.05) is 33.9 Å². The molecule has 170 valence electrons. The Morgan fingerprint density at radius 2 is 1.81 bits per heavy atom. The van der Waals surface area contributed by atoms with Crippen molar-refractivity contribution < 1.29 is 19.1 Å². The first-order chi connectivity index (χ1) is 14.9. The van der Waals surface area contributed by atoms with Crippen LogP contribution in [0.25, 0.3) is 10.1 Å². The Bertz CT molecular complexity index is 900. The van der Waals surface area contributed by atoms with Crippen LogP contribution in [-0.2, 0) is 14.3 Å². The van der Waals surface area contributed by atoms with E-state index in [2.05, 4.69) is 22.8 Å². The lowest BCUT2D eigenvalue weighted by atomic mass is 9.77. The minimum atomic E-state index is -0.808. The largest absolute Gasteiger partial charge is 0.383 e. The van der Waals surface area contributed by atoms with Gasteiger partial charge in [-0.2, -0.15) is 0 Å². The molecule has 1 saturated carbocycles. The summed E-state index contributed by atoms with van der Waals surface area (Å²) in [5, 5.41) is 7.23. The number of rotatable bonds is 9. The second-order valence-electron chi connectivity index (χ2n) is 8.73. The smallest absolute Gasteiger partial charge is 0.261 e. The molecule has 1 aromatic heterocycles. The van der Waals surface area contributed by atoms with Crippen molar-refractivity contribution in [1.29, 1.82) is 0 Å². The van der Waals surface area contributed by atoms with E-state index in [4.69, 9.17) is 9.47 Å². The summed E-state index contributed by atoms with van der Waals surface area (Å²) < 4.78 is 11.5. The first-order valence-corrected chi connectivity index (χ1v) is 11.8. The van der Waals surface area contributed by atoms with Crippen molar-refractivity contribution in [2.45, 2.75) is 51.0 Å². The monoisotopic (exact) mass is 446 g/mol. The molecule has 1 fully saturated rings. The molecule has 2 amide bonds. The predicted molar refractivity (Wildman–Crippen MR) is 125 cm³/mol. The number of hydrogen-bond donors (Lipinski definition) is 2. The number of ether oxygens (including phenoxy) is 2. The molecule has 1 aromatic carbocycles. The maximum atomic E-state index is 12.9. The van der Waals surface area contributed by atoms with Gasteiger partial charge in [-0.3, -0.25) is 9.59 Å². The summed E-state index contributed by atoms with van der Waals surface area (Å²) in [7, 11) is 3.19. The highest BCUT2D eigenvalue weighted by Gasteiger charge is 2.31. The number of hydrogen-bond acceptors (Lipinski definition) is 5. The highest BCUT2D eigenvalue weighted by Crippen LogP contribution is 2.43. The molecule has 1 aliphatic rings. The van der Waals surface area contributed by atoms with Gasteiger partial charge in [-0.05, 0) is 68.4 Å². The van der Waals surface area contributed by atoms with Gasteiger partial charge in [0.05, 0.1) is 11.5 Å². The zero-order chi connectivity index (χ0) is 22.4. The van der Waals surface area contributed by atoms with Crippen LogP contribution in [-0.4, -0.2) is 51.3 Å². The molecular formula is C24H34N2O4S. The summed E-state index contributed by atoms with van der Waals surface area (Å²) in [6.45, 7) is 5.24. The maximum Gasteiger partial charge on any atom is 0.261 e. The lowest BCUT2D eigenvalue weighted by molar-refractivity contribution is -0.139. The van der Waals surface area contributed by atoms with Crippen LogP contribution in [0.15, 0.2) is 24.3 Å². The number of amides is 2. The molecule has 0 aliphatic heterocycles. The van der Waals surface area contributed by atoms with Crippen molar-refractivity contribution in [1.82, 2.24) is 10.6 Å². The van der Waals surface area contributed by atoms with Crippen LogP contribution in [0.3, 0.4) is 0 Å². The Morgan fingerprint density at radius 3 is 2.48 bits per heavy atom. The Kier molecular flexibility index (Phi) is 8.08. The summed E-state index contributed by atoms with van der Waals surface area (Å²) >= 11 is 1.58. The number of carbonyl (C=O) groups is 2. The summed E-state index contributed by atoms with van der Waals surface area (Å²) in [6.07, 6.45) is 4.11. The molecule has 6 nitrogen and oxygen atoms in total. The van der Waals surface area contributed by atoms with Crippen molar-refractivity contribution >= 4 is 33.2 Å². The Balaban J connectivity index is 1.68. The fourth-order valence-electron chi connectivity index (χ4n) is 4.18. The minimum Gasteiger partial charge on any atom is -0.383 e. The molecule has 0 atom stereocenters. The predicted octanol–water partition coefficient (Wildman–Crippen LogP) is 4.09. The number of fused-ring (bicyclic) bond motifs is 1. The van der Waals surface area contributed by atoms with E-state index in [9.17, 15) is 9.59 Å². The molecule has 31 heavy (non-hydrogen) atoms. The number of carbonyl (C=O) groups excluding carboxylic acids is 2. The Hall–Kier alpha value is -1.96. The van der Waals surface area contributed by atoms with Crippen molar-refractivity contribution in [3.05, 3.63) is 34.7 Å². The lowest BCUT2D eigenvalue weighted by Crippen LogP contribution is -2.45. The standard InChI is InChI=1S/C24H34N2O4S/c1-24(2,30-4)23(28)26-15-16-9-11-17(12-10-16)20-18-7-5-6-8-19(18)31-21(20)22(27)25-13-14-29-3/h5-8,16-17H,9-15H2,1-4H3,(H,25,27)(H,26,28). The van der Waals surface area contributed by atoms with Crippen molar-refractivity contribution in [3.8, 4) is 0 Å². The normalized spacial score (nSPS) is 19.4. The number of benzene rings is 1. The maximum absolute atomic E-state index is 12.9. The van der Waals surface area contributed by atoms with E-state index in [1.165, 1.54) is 10.9 Å². The first kappa shape index (κ1) is 23.7. The minimum absolute atomic E-state index is 0.00978. The molecule has 0 saturated heterocycles. The zero-order valence-corrected chi connectivity index (χ0v) is 19.8. The van der Waals surface area contributed by atoms with Gasteiger partial charge in [0, 0.05) is 32.0 Å². The summed E-state index contributed by atoms with van der Waals surface area (Å²) in [5.41, 5.74) is 0.385. The highest BCUT2D eigenvalue weighted by atomic mass is 32.1. The molecule has 2 aromatic rings. The topological polar surface area (TPSA) is 76.7 Å². The summed E-state index contributed by atoms with van der Waals surface area (Å²) in [6, 6.07) is 8.29. The second-order valence-corrected chi connectivity index (χ2v) is 9.78. The Labute approximate surface area is 188 Å². The van der Waals surface area contributed by atoms with E-state index in [0.29, 0.717) is 31.5 Å². The van der Waals surface area contributed by atoms with E-state index in [-0.39, 0.29) is 11.8 Å². The zero-order valence-electron chi connectivity index (χ0n) is 19.0. The molecular weight excluding hydrogens is 412 g/mol. The van der Waals surface area contributed by atoms with Crippen LogP contribution in [0.5, 0.6) is 0 Å². The van der Waals surface area contributed by atoms with Crippen LogP contribution in [0.1, 0.15) is 60.7 Å². The number of methoxy groups -OCH3 is 2. The van der Waals surface area contributed by atoms with E-state index in [1.54, 1.807) is 39.4 Å². The first-order valence-electron chi connectivity index (χ1n) is 11.0. The van der Waals surface area contributed by atoms with Gasteiger partial charge in [0.1, 0.15) is 5.60 Å². The van der Waals surface area contributed by atoms with E-state index in [1.807, 2.05) is 12.1 Å². The quantitative estimate of drug-likeness (QED) is 0.569. The molecule has 0 unspecified atom stereocenters. The van der Waals surface area contributed by atoms with Gasteiger partial charge >= 0.3 is 0 Å². The summed E-state index contributed by atoms with van der Waals surface area (Å²) in [4.78, 5) is 26.0. The van der Waals surface area contributed by atoms with Gasteiger partial charge in [-0.1, -0.05) is 18.2 Å². The molecule has 3 rings (SSSR count). The van der Waals surface area contributed by atoms with Gasteiger partial charge in [0.25, 0.3) is 11.8 Å². The van der Waals surface area contributed by atoms with Crippen LogP contribution < -0.4 is 10.6 Å². The van der Waals surface area contributed by atoms with Crippen LogP contribution in [0.4, 0.5) is 0 Å². The van der Waals surface area contributed by atoms with E-state index < -0.39 is 5.60 Å². The molecule has 0 radical (unpaired) electrons. The van der Waals surface area contributed by atoms with E-state index in [0.717, 1.165) is 35.3 Å².